The molecule has 3 aromatic rings. The normalized spacial score (nSPS) is 24.8. The standard InChI is InChI=1S/C32H29BrN2O5/c1-2-18-14-22(33)10-13-26(18)34-27(36)17-40-32(39)20-8-11-23(12-9-20)35-30(37)28-21-15-24(19-6-4-3-5-7-19)25(16-21)29(28)31(35)38/h3-14,21,24-25,28-29H,2,15-17H2,1H3,(H,34,36)/t21-,24+,25+,28+,29-/m0/s1. The van der Waals surface area contributed by atoms with Crippen molar-refractivity contribution in [1.82, 2.24) is 0 Å². The van der Waals surface area contributed by atoms with Gasteiger partial charge in [-0.3, -0.25) is 19.3 Å². The summed E-state index contributed by atoms with van der Waals surface area (Å²) in [6.45, 7) is 1.56. The van der Waals surface area contributed by atoms with Crippen molar-refractivity contribution in [2.24, 2.45) is 23.7 Å². The lowest BCUT2D eigenvalue weighted by atomic mass is 9.73. The van der Waals surface area contributed by atoms with Crippen LogP contribution in [-0.2, 0) is 25.5 Å². The van der Waals surface area contributed by atoms with Gasteiger partial charge in [-0.15, -0.1) is 0 Å². The fourth-order valence-electron chi connectivity index (χ4n) is 6.92. The number of imide groups is 1. The van der Waals surface area contributed by atoms with Gasteiger partial charge in [0, 0.05) is 10.2 Å². The molecule has 204 valence electrons. The van der Waals surface area contributed by atoms with Crippen LogP contribution in [0.2, 0.25) is 0 Å². The molecule has 3 aliphatic rings. The van der Waals surface area contributed by atoms with Gasteiger partial charge in [-0.2, -0.15) is 0 Å². The third-order valence-electron chi connectivity index (χ3n) is 8.66. The van der Waals surface area contributed by atoms with Crippen LogP contribution >= 0.6 is 15.9 Å². The van der Waals surface area contributed by atoms with Crippen molar-refractivity contribution in [3.8, 4) is 0 Å². The van der Waals surface area contributed by atoms with E-state index in [0.717, 1.165) is 29.3 Å². The highest BCUT2D eigenvalue weighted by Crippen LogP contribution is 2.61. The summed E-state index contributed by atoms with van der Waals surface area (Å²) in [4.78, 5) is 53.2. The number of anilines is 2. The second-order valence-corrected chi connectivity index (χ2v) is 11.7. The van der Waals surface area contributed by atoms with Crippen LogP contribution in [0.25, 0.3) is 0 Å². The number of ether oxygens (including phenoxy) is 1. The number of amides is 3. The van der Waals surface area contributed by atoms with Gasteiger partial charge in [-0.1, -0.05) is 53.2 Å². The number of esters is 1. The van der Waals surface area contributed by atoms with Crippen molar-refractivity contribution in [3.63, 3.8) is 0 Å². The van der Waals surface area contributed by atoms with Crippen LogP contribution in [-0.4, -0.2) is 30.3 Å². The highest BCUT2D eigenvalue weighted by Gasteiger charge is 2.64. The Kier molecular flexibility index (Phi) is 7.04. The van der Waals surface area contributed by atoms with Crippen molar-refractivity contribution < 1.29 is 23.9 Å². The van der Waals surface area contributed by atoms with E-state index >= 15 is 0 Å². The summed E-state index contributed by atoms with van der Waals surface area (Å²) in [6.07, 6.45) is 2.59. The van der Waals surface area contributed by atoms with Crippen LogP contribution in [0, 0.1) is 23.7 Å². The third kappa shape index (κ3) is 4.64. The molecule has 0 radical (unpaired) electrons. The molecule has 7 nitrogen and oxygen atoms in total. The summed E-state index contributed by atoms with van der Waals surface area (Å²) in [5.74, 6) is -1.25. The van der Waals surface area contributed by atoms with Gasteiger partial charge in [-0.05, 0) is 90.6 Å². The van der Waals surface area contributed by atoms with E-state index in [-0.39, 0.29) is 41.0 Å². The predicted molar refractivity (Wildman–Crippen MR) is 154 cm³/mol. The molecule has 1 saturated heterocycles. The average molecular weight is 601 g/mol. The Hall–Kier alpha value is -3.78. The lowest BCUT2D eigenvalue weighted by molar-refractivity contribution is -0.123. The minimum Gasteiger partial charge on any atom is -0.452 e. The molecule has 3 fully saturated rings. The van der Waals surface area contributed by atoms with Crippen LogP contribution in [0.5, 0.6) is 0 Å². The van der Waals surface area contributed by atoms with E-state index in [2.05, 4.69) is 33.4 Å². The monoisotopic (exact) mass is 600 g/mol. The fraction of sp³-hybridized carbons (Fsp3) is 0.312. The number of aryl methyl sites for hydroxylation is 1. The number of nitrogens with one attached hydrogen (secondary N) is 1. The van der Waals surface area contributed by atoms with Crippen molar-refractivity contribution in [2.75, 3.05) is 16.8 Å². The molecule has 0 unspecified atom stereocenters. The minimum atomic E-state index is -0.659. The quantitative estimate of drug-likeness (QED) is 0.276. The van der Waals surface area contributed by atoms with Gasteiger partial charge in [0.1, 0.15) is 0 Å². The molecule has 2 aliphatic carbocycles. The zero-order valence-corrected chi connectivity index (χ0v) is 23.6. The van der Waals surface area contributed by atoms with E-state index in [0.29, 0.717) is 17.3 Å². The summed E-state index contributed by atoms with van der Waals surface area (Å²) in [5.41, 5.74) is 3.56. The van der Waals surface area contributed by atoms with Crippen LogP contribution in [0.3, 0.4) is 0 Å². The van der Waals surface area contributed by atoms with Crippen molar-refractivity contribution >= 4 is 51.0 Å². The summed E-state index contributed by atoms with van der Waals surface area (Å²) in [7, 11) is 0. The highest BCUT2D eigenvalue weighted by molar-refractivity contribution is 9.10. The number of fused-ring (bicyclic) bond motifs is 5. The predicted octanol–water partition coefficient (Wildman–Crippen LogP) is 5.74. The number of carbonyl (C=O) groups excluding carboxylic acids is 4. The third-order valence-corrected chi connectivity index (χ3v) is 9.15. The van der Waals surface area contributed by atoms with Crippen LogP contribution < -0.4 is 10.2 Å². The first-order valence-corrected chi connectivity index (χ1v) is 14.4. The molecule has 8 heteroatoms. The van der Waals surface area contributed by atoms with Gasteiger partial charge in [0.05, 0.1) is 23.1 Å². The number of nitrogens with zero attached hydrogens (tertiary/aromatic N) is 1. The summed E-state index contributed by atoms with van der Waals surface area (Å²) >= 11 is 3.42. The molecule has 40 heavy (non-hydrogen) atoms. The summed E-state index contributed by atoms with van der Waals surface area (Å²) in [6, 6.07) is 22.1. The first-order chi connectivity index (χ1) is 19.4. The van der Waals surface area contributed by atoms with Crippen molar-refractivity contribution in [2.45, 2.75) is 32.1 Å². The molecular weight excluding hydrogens is 572 g/mol. The largest absolute Gasteiger partial charge is 0.452 e. The number of carbonyl (C=O) groups is 4. The van der Waals surface area contributed by atoms with Gasteiger partial charge in [0.2, 0.25) is 11.8 Å². The molecular formula is C32H29BrN2O5. The number of benzene rings is 3. The van der Waals surface area contributed by atoms with E-state index < -0.39 is 18.5 Å². The van der Waals surface area contributed by atoms with Crippen LogP contribution in [0.15, 0.2) is 77.3 Å². The highest BCUT2D eigenvalue weighted by atomic mass is 79.9. The topological polar surface area (TPSA) is 92.8 Å². The van der Waals surface area contributed by atoms with Crippen molar-refractivity contribution in [3.05, 3.63) is 94.0 Å². The Morgan fingerprint density at radius 1 is 0.950 bits per heavy atom. The molecule has 0 aromatic heterocycles. The van der Waals surface area contributed by atoms with E-state index in [1.165, 1.54) is 22.6 Å². The lowest BCUT2D eigenvalue weighted by Crippen LogP contribution is -2.33. The van der Waals surface area contributed by atoms with Gasteiger partial charge in [-0.25, -0.2) is 4.79 Å². The van der Waals surface area contributed by atoms with E-state index in [1.807, 2.05) is 37.3 Å². The first kappa shape index (κ1) is 26.4. The van der Waals surface area contributed by atoms with E-state index in [4.69, 9.17) is 4.74 Å². The Balaban J connectivity index is 1.09. The van der Waals surface area contributed by atoms with E-state index in [1.54, 1.807) is 18.2 Å². The first-order valence-electron chi connectivity index (χ1n) is 13.6. The van der Waals surface area contributed by atoms with Crippen molar-refractivity contribution in [1.29, 1.82) is 0 Å². The Labute approximate surface area is 241 Å². The van der Waals surface area contributed by atoms with E-state index in [9.17, 15) is 19.2 Å². The number of hydrogen-bond donors (Lipinski definition) is 1. The molecule has 0 spiro atoms. The van der Waals surface area contributed by atoms with Gasteiger partial charge >= 0.3 is 5.97 Å². The molecule has 2 bridgehead atoms. The average Bonchev–Trinajstić information content (AvgIpc) is 3.64. The van der Waals surface area contributed by atoms with Gasteiger partial charge in [0.25, 0.3) is 5.91 Å². The smallest absolute Gasteiger partial charge is 0.338 e. The Bertz CT molecular complexity index is 1490. The summed E-state index contributed by atoms with van der Waals surface area (Å²) < 4.78 is 6.13. The Morgan fingerprint density at radius 3 is 2.40 bits per heavy atom. The second-order valence-electron chi connectivity index (χ2n) is 10.8. The maximum absolute atomic E-state index is 13.5. The van der Waals surface area contributed by atoms with Crippen LogP contribution in [0.1, 0.15) is 47.2 Å². The SMILES string of the molecule is CCc1cc(Br)ccc1NC(=O)COC(=O)c1ccc(N2C(=O)[C@@H]3[C@@H]4C[C@@H]([C@@H]3C2=O)[C@@H](c2ccccc2)C4)cc1. The Morgan fingerprint density at radius 2 is 1.68 bits per heavy atom. The maximum Gasteiger partial charge on any atom is 0.338 e. The number of rotatable bonds is 7. The molecule has 2 saturated carbocycles. The van der Waals surface area contributed by atoms with Crippen LogP contribution in [0.4, 0.5) is 11.4 Å². The molecule has 3 aromatic carbocycles. The zero-order chi connectivity index (χ0) is 28.0. The number of hydrogen-bond acceptors (Lipinski definition) is 5. The molecule has 1 N–H and O–H groups in total. The molecule has 6 rings (SSSR count). The number of halogens is 1. The maximum atomic E-state index is 13.5. The summed E-state index contributed by atoms with van der Waals surface area (Å²) in [5, 5.41) is 2.78. The lowest BCUT2D eigenvalue weighted by Gasteiger charge is -2.28. The zero-order valence-electron chi connectivity index (χ0n) is 22.0. The van der Waals surface area contributed by atoms with Gasteiger partial charge < -0.3 is 10.1 Å². The fourth-order valence-corrected chi connectivity index (χ4v) is 7.33. The minimum absolute atomic E-state index is 0.139. The van der Waals surface area contributed by atoms with Gasteiger partial charge in [0.15, 0.2) is 6.61 Å². The molecule has 1 heterocycles. The second kappa shape index (κ2) is 10.7. The molecule has 5 atom stereocenters. The molecule has 1 aliphatic heterocycles. The molecule has 3 amide bonds.